The molecule has 2 N–H and O–H groups in total. The molecule has 0 bridgehead atoms. The SMILES string of the molecule is CC(C)(C)C(NC(=O)COCCCCOc1ccc(-c2ccc(N3C(=S)N(c4cnc(C#N)c(C(F)(F)F)c4)C(=O)C3(C)C)cc2)cc1)C(=O)N1CCC[C@H]1C(=O)NCc1ccc(-c2cnco2)cc1. The summed E-state index contributed by atoms with van der Waals surface area (Å²) in [4.78, 5) is 65.7. The number of benzene rings is 3. The molecule has 4 heterocycles. The predicted octanol–water partition coefficient (Wildman–Crippen LogP) is 8.22. The number of hydrogen-bond acceptors (Lipinski definition) is 11. The number of alkyl halides is 3. The average Bonchev–Trinajstić information content (AvgIpc) is 4.09. The zero-order valence-electron chi connectivity index (χ0n) is 39.3. The van der Waals surface area contributed by atoms with E-state index < -0.39 is 52.3 Å². The molecule has 5 aromatic rings. The molecule has 15 nitrogen and oxygen atoms in total. The number of ether oxygens (including phenoxy) is 2. The second-order valence-electron chi connectivity index (χ2n) is 18.5. The molecule has 19 heteroatoms. The van der Waals surface area contributed by atoms with Crippen LogP contribution in [0.4, 0.5) is 24.5 Å². The molecule has 366 valence electrons. The van der Waals surface area contributed by atoms with Crippen molar-refractivity contribution in [3.8, 4) is 34.3 Å². The number of halogens is 3. The highest BCUT2D eigenvalue weighted by molar-refractivity contribution is 7.81. The minimum Gasteiger partial charge on any atom is -0.494 e. The smallest absolute Gasteiger partial charge is 0.419 e. The first-order valence-corrected chi connectivity index (χ1v) is 23.1. The van der Waals surface area contributed by atoms with Crippen molar-refractivity contribution in [2.45, 2.75) is 90.6 Å². The third-order valence-electron chi connectivity index (χ3n) is 12.1. The standard InChI is InChI=1S/C51H53F3N8O7S/c1-49(2,3)44(46(65)60-22-8-9-41(60)45(64)58-27-32-10-12-35(13-11-32)42-29-56-31-69-42)59-43(63)30-67-23-6-7-24-68-38-20-16-34(17-21-38)33-14-18-36(19-15-33)62-48(70)61(47(66)50(62,4)5)37-25-39(51(52,53)54)40(26-55)57-28-37/h10-21,25,28-29,31,41,44H,6-9,22-24,27,30H2,1-5H3,(H,58,64)(H,59,63)/t41-,44?/m0/s1. The number of thiocarbonyl (C=S) groups is 1. The maximum absolute atomic E-state index is 13.9. The number of carbonyl (C=O) groups is 4. The van der Waals surface area contributed by atoms with Gasteiger partial charge in [0.15, 0.2) is 23.0 Å². The van der Waals surface area contributed by atoms with Crippen LogP contribution in [0.3, 0.4) is 0 Å². The highest BCUT2D eigenvalue weighted by Crippen LogP contribution is 2.40. The van der Waals surface area contributed by atoms with Gasteiger partial charge in [-0.3, -0.25) is 24.1 Å². The number of unbranched alkanes of at least 4 members (excludes halogenated alkanes) is 1. The fourth-order valence-electron chi connectivity index (χ4n) is 8.32. The van der Waals surface area contributed by atoms with Crippen LogP contribution < -0.4 is 25.2 Å². The minimum absolute atomic E-state index is 0.0320. The van der Waals surface area contributed by atoms with Crippen molar-refractivity contribution in [3.05, 3.63) is 114 Å². The van der Waals surface area contributed by atoms with Crippen molar-refractivity contribution in [2.75, 3.05) is 36.2 Å². The first-order valence-electron chi connectivity index (χ1n) is 22.7. The Bertz CT molecular complexity index is 2740. The van der Waals surface area contributed by atoms with Gasteiger partial charge in [-0.2, -0.15) is 18.4 Å². The van der Waals surface area contributed by atoms with Crippen molar-refractivity contribution in [1.82, 2.24) is 25.5 Å². The summed E-state index contributed by atoms with van der Waals surface area (Å²) in [5, 5.41) is 15.0. The van der Waals surface area contributed by atoms with Gasteiger partial charge in [-0.1, -0.05) is 69.3 Å². The molecule has 2 atom stereocenters. The Hall–Kier alpha value is -7.17. The minimum atomic E-state index is -4.86. The number of hydrogen-bond donors (Lipinski definition) is 2. The second kappa shape index (κ2) is 21.2. The van der Waals surface area contributed by atoms with E-state index >= 15 is 0 Å². The Morgan fingerprint density at radius 2 is 1.60 bits per heavy atom. The molecule has 0 aliphatic carbocycles. The van der Waals surface area contributed by atoms with Crippen LogP contribution in [0, 0.1) is 16.7 Å². The van der Waals surface area contributed by atoms with E-state index in [0.717, 1.165) is 33.4 Å². The fraction of sp³-hybridized carbons (Fsp3) is 0.373. The number of amides is 4. The Morgan fingerprint density at radius 1 is 0.943 bits per heavy atom. The van der Waals surface area contributed by atoms with Crippen LogP contribution in [0.1, 0.15) is 77.1 Å². The largest absolute Gasteiger partial charge is 0.494 e. The number of carbonyl (C=O) groups excluding carboxylic acids is 4. The quantitative estimate of drug-likeness (QED) is 0.0674. The van der Waals surface area contributed by atoms with Gasteiger partial charge in [0.1, 0.15) is 36.0 Å². The summed E-state index contributed by atoms with van der Waals surface area (Å²) in [6.45, 7) is 10.0. The van der Waals surface area contributed by atoms with E-state index in [0.29, 0.717) is 75.3 Å². The Morgan fingerprint density at radius 3 is 2.23 bits per heavy atom. The lowest BCUT2D eigenvalue weighted by Crippen LogP contribution is -2.58. The summed E-state index contributed by atoms with van der Waals surface area (Å²) in [7, 11) is 0. The van der Waals surface area contributed by atoms with Crippen LogP contribution in [0.5, 0.6) is 5.75 Å². The number of oxazole rings is 1. The molecular formula is C51H53F3N8O7S. The van der Waals surface area contributed by atoms with Gasteiger partial charge in [-0.25, -0.2) is 9.97 Å². The fourth-order valence-corrected chi connectivity index (χ4v) is 8.84. The normalized spacial score (nSPS) is 16.3. The average molecular weight is 979 g/mol. The molecule has 0 radical (unpaired) electrons. The summed E-state index contributed by atoms with van der Waals surface area (Å²) in [6, 6.07) is 22.9. The van der Waals surface area contributed by atoms with Crippen LogP contribution in [0.2, 0.25) is 0 Å². The molecule has 4 amide bonds. The lowest BCUT2D eigenvalue weighted by Gasteiger charge is -2.35. The van der Waals surface area contributed by atoms with Crippen molar-refractivity contribution in [3.63, 3.8) is 0 Å². The molecule has 70 heavy (non-hydrogen) atoms. The van der Waals surface area contributed by atoms with Crippen molar-refractivity contribution < 1.29 is 46.2 Å². The Labute approximate surface area is 409 Å². The molecule has 2 aliphatic rings. The van der Waals surface area contributed by atoms with Crippen LogP contribution >= 0.6 is 12.2 Å². The predicted molar refractivity (Wildman–Crippen MR) is 258 cm³/mol. The molecule has 2 saturated heterocycles. The van der Waals surface area contributed by atoms with Crippen LogP contribution in [0.25, 0.3) is 22.5 Å². The van der Waals surface area contributed by atoms with Crippen molar-refractivity contribution in [1.29, 1.82) is 5.26 Å². The summed E-state index contributed by atoms with van der Waals surface area (Å²) in [5.41, 5.74) is -0.0920. The van der Waals surface area contributed by atoms with Crippen LogP contribution in [-0.4, -0.2) is 87.6 Å². The number of likely N-dealkylation sites (tertiary alicyclic amines) is 1. The second-order valence-corrected chi connectivity index (χ2v) is 18.9. The summed E-state index contributed by atoms with van der Waals surface area (Å²) >= 11 is 5.64. The van der Waals surface area contributed by atoms with Gasteiger partial charge in [-0.05, 0) is 104 Å². The topological polar surface area (TPSA) is 183 Å². The van der Waals surface area contributed by atoms with Crippen molar-refractivity contribution >= 4 is 52.3 Å². The number of aromatic nitrogens is 2. The van der Waals surface area contributed by atoms with Gasteiger partial charge >= 0.3 is 6.18 Å². The van der Waals surface area contributed by atoms with E-state index in [1.807, 2.05) is 81.4 Å². The number of anilines is 2. The van der Waals surface area contributed by atoms with Gasteiger partial charge in [0.2, 0.25) is 17.7 Å². The highest BCUT2D eigenvalue weighted by Gasteiger charge is 2.51. The van der Waals surface area contributed by atoms with E-state index in [1.165, 1.54) is 12.5 Å². The van der Waals surface area contributed by atoms with Crippen LogP contribution in [-0.2, 0) is 36.6 Å². The molecule has 2 aliphatic heterocycles. The van der Waals surface area contributed by atoms with E-state index in [-0.39, 0.29) is 29.2 Å². The molecule has 0 saturated carbocycles. The Balaban J connectivity index is 0.833. The summed E-state index contributed by atoms with van der Waals surface area (Å²) in [5.74, 6) is -0.242. The van der Waals surface area contributed by atoms with E-state index in [2.05, 4.69) is 20.6 Å². The first-order chi connectivity index (χ1) is 33.3. The van der Waals surface area contributed by atoms with E-state index in [1.54, 1.807) is 42.0 Å². The molecule has 2 fully saturated rings. The lowest BCUT2D eigenvalue weighted by atomic mass is 9.85. The zero-order valence-corrected chi connectivity index (χ0v) is 40.2. The maximum Gasteiger partial charge on any atom is 0.419 e. The highest BCUT2D eigenvalue weighted by atomic mass is 32.1. The molecule has 0 spiro atoms. The van der Waals surface area contributed by atoms with Gasteiger partial charge in [0.05, 0.1) is 30.3 Å². The number of nitrogens with one attached hydrogen (secondary N) is 2. The first kappa shape index (κ1) is 50.7. The van der Waals surface area contributed by atoms with Gasteiger partial charge in [0.25, 0.3) is 5.91 Å². The number of nitriles is 1. The number of pyridine rings is 1. The zero-order chi connectivity index (χ0) is 50.4. The maximum atomic E-state index is 13.9. The molecule has 7 rings (SSSR count). The van der Waals surface area contributed by atoms with Gasteiger partial charge in [-0.15, -0.1) is 0 Å². The van der Waals surface area contributed by atoms with Crippen molar-refractivity contribution in [2.24, 2.45) is 5.41 Å². The van der Waals surface area contributed by atoms with Crippen LogP contribution in [0.15, 0.2) is 102 Å². The molecule has 1 unspecified atom stereocenters. The van der Waals surface area contributed by atoms with Gasteiger partial charge in [0, 0.05) is 30.9 Å². The third-order valence-corrected chi connectivity index (χ3v) is 12.5. The van der Waals surface area contributed by atoms with E-state index in [9.17, 15) is 32.3 Å². The lowest BCUT2D eigenvalue weighted by molar-refractivity contribution is -0.144. The number of rotatable bonds is 17. The monoisotopic (exact) mass is 978 g/mol. The summed E-state index contributed by atoms with van der Waals surface area (Å²) < 4.78 is 58.1. The van der Waals surface area contributed by atoms with Gasteiger partial charge < -0.3 is 34.3 Å². The Kier molecular flexibility index (Phi) is 15.4. The molecular weight excluding hydrogens is 926 g/mol. The van der Waals surface area contributed by atoms with E-state index in [4.69, 9.17) is 31.4 Å². The third kappa shape index (κ3) is 11.5. The molecule has 2 aromatic heterocycles. The summed E-state index contributed by atoms with van der Waals surface area (Å²) in [6.07, 6.45) is 1.63. The molecule has 3 aromatic carbocycles. The number of nitrogens with zero attached hydrogens (tertiary/aromatic N) is 6.